The fraction of sp³-hybridized carbons (Fsp3) is 0.154. The van der Waals surface area contributed by atoms with Crippen molar-refractivity contribution < 1.29 is 9.90 Å². The highest BCUT2D eigenvalue weighted by atomic mass is 16.3. The molecule has 0 aliphatic rings. The Morgan fingerprint density at radius 2 is 2.00 bits per heavy atom. The van der Waals surface area contributed by atoms with Crippen molar-refractivity contribution in [1.29, 1.82) is 10.5 Å². The van der Waals surface area contributed by atoms with Crippen LogP contribution in [0.3, 0.4) is 0 Å². The van der Waals surface area contributed by atoms with Gasteiger partial charge in [0.05, 0.1) is 5.56 Å². The van der Waals surface area contributed by atoms with E-state index in [-0.39, 0.29) is 22.8 Å². The fourth-order valence-electron chi connectivity index (χ4n) is 1.28. The fourth-order valence-corrected chi connectivity index (χ4v) is 1.28. The molecule has 19 heavy (non-hydrogen) atoms. The standard InChI is InChI=1S/C13H12N4O2/c1-17(2)13(19)11-5-10(3-4-12(11)18)16-8-9(6-14)7-15/h3-5,8,16,18H,1-2H3. The molecule has 1 amide bonds. The van der Waals surface area contributed by atoms with Crippen LogP contribution in [0.1, 0.15) is 10.4 Å². The van der Waals surface area contributed by atoms with Gasteiger partial charge in [0, 0.05) is 26.0 Å². The lowest BCUT2D eigenvalue weighted by molar-refractivity contribution is 0.0824. The molecule has 2 N–H and O–H groups in total. The van der Waals surface area contributed by atoms with Crippen molar-refractivity contribution >= 4 is 11.6 Å². The molecule has 0 saturated heterocycles. The van der Waals surface area contributed by atoms with Crippen molar-refractivity contribution in [3.05, 3.63) is 35.5 Å². The van der Waals surface area contributed by atoms with Gasteiger partial charge in [-0.1, -0.05) is 0 Å². The Morgan fingerprint density at radius 1 is 1.37 bits per heavy atom. The van der Waals surface area contributed by atoms with Gasteiger partial charge in [0.25, 0.3) is 5.91 Å². The Labute approximate surface area is 110 Å². The summed E-state index contributed by atoms with van der Waals surface area (Å²) in [7, 11) is 3.15. The van der Waals surface area contributed by atoms with Crippen LogP contribution in [0, 0.1) is 22.7 Å². The number of anilines is 1. The zero-order valence-corrected chi connectivity index (χ0v) is 10.5. The van der Waals surface area contributed by atoms with E-state index in [0.29, 0.717) is 5.69 Å². The third kappa shape index (κ3) is 3.48. The quantitative estimate of drug-likeness (QED) is 0.629. The van der Waals surface area contributed by atoms with E-state index in [1.54, 1.807) is 26.2 Å². The highest BCUT2D eigenvalue weighted by Gasteiger charge is 2.13. The van der Waals surface area contributed by atoms with E-state index >= 15 is 0 Å². The Morgan fingerprint density at radius 3 is 2.53 bits per heavy atom. The predicted octanol–water partition coefficient (Wildman–Crippen LogP) is 1.44. The number of carbonyl (C=O) groups excluding carboxylic acids is 1. The summed E-state index contributed by atoms with van der Waals surface area (Å²) in [5.74, 6) is -0.472. The van der Waals surface area contributed by atoms with E-state index in [0.717, 1.165) is 0 Å². The highest BCUT2D eigenvalue weighted by molar-refractivity contribution is 5.97. The second kappa shape index (κ2) is 6.08. The zero-order valence-electron chi connectivity index (χ0n) is 10.5. The maximum Gasteiger partial charge on any atom is 0.257 e. The summed E-state index contributed by atoms with van der Waals surface area (Å²) in [6.45, 7) is 0. The number of nitrogens with one attached hydrogen (secondary N) is 1. The van der Waals surface area contributed by atoms with E-state index in [1.165, 1.54) is 29.3 Å². The lowest BCUT2D eigenvalue weighted by Crippen LogP contribution is -2.21. The number of phenols is 1. The third-order valence-corrected chi connectivity index (χ3v) is 2.26. The van der Waals surface area contributed by atoms with E-state index in [9.17, 15) is 9.90 Å². The molecule has 1 rings (SSSR count). The van der Waals surface area contributed by atoms with Gasteiger partial charge in [-0.3, -0.25) is 4.79 Å². The zero-order chi connectivity index (χ0) is 14.4. The van der Waals surface area contributed by atoms with E-state index in [1.807, 2.05) is 0 Å². The van der Waals surface area contributed by atoms with Crippen molar-refractivity contribution in [3.8, 4) is 17.9 Å². The van der Waals surface area contributed by atoms with Crippen molar-refractivity contribution in [3.63, 3.8) is 0 Å². The molecule has 0 unspecified atom stereocenters. The van der Waals surface area contributed by atoms with Gasteiger partial charge in [0.2, 0.25) is 0 Å². The second-order valence-electron chi connectivity index (χ2n) is 3.86. The largest absolute Gasteiger partial charge is 0.507 e. The molecule has 0 aromatic heterocycles. The van der Waals surface area contributed by atoms with Gasteiger partial charge in [-0.25, -0.2) is 0 Å². The van der Waals surface area contributed by atoms with Crippen LogP contribution in [0.25, 0.3) is 0 Å². The number of aromatic hydroxyl groups is 1. The summed E-state index contributed by atoms with van der Waals surface area (Å²) in [6, 6.07) is 7.75. The van der Waals surface area contributed by atoms with Crippen molar-refractivity contribution in [2.45, 2.75) is 0 Å². The molecule has 0 heterocycles. The molecule has 1 aromatic rings. The summed E-state index contributed by atoms with van der Waals surface area (Å²) in [5, 5.41) is 29.5. The summed E-state index contributed by atoms with van der Waals surface area (Å²) in [5.41, 5.74) is 0.540. The molecule has 6 nitrogen and oxygen atoms in total. The van der Waals surface area contributed by atoms with Crippen molar-refractivity contribution in [2.24, 2.45) is 0 Å². The van der Waals surface area contributed by atoms with Gasteiger partial charge in [-0.2, -0.15) is 10.5 Å². The lowest BCUT2D eigenvalue weighted by Gasteiger charge is -2.12. The molecular formula is C13H12N4O2. The molecular weight excluding hydrogens is 244 g/mol. The Kier molecular flexibility index (Phi) is 4.50. The summed E-state index contributed by atoms with van der Waals surface area (Å²) >= 11 is 0. The SMILES string of the molecule is CN(C)C(=O)c1cc(NC=C(C#N)C#N)ccc1O. The topological polar surface area (TPSA) is 100 Å². The molecule has 0 aliphatic heterocycles. The minimum absolute atomic E-state index is 0.0893. The average Bonchev–Trinajstić information content (AvgIpc) is 2.40. The Balaban J connectivity index is 3.05. The van der Waals surface area contributed by atoms with Gasteiger partial charge in [-0.15, -0.1) is 0 Å². The number of hydrogen-bond donors (Lipinski definition) is 2. The molecule has 0 spiro atoms. The number of nitriles is 2. The normalized spacial score (nSPS) is 8.84. The van der Waals surface area contributed by atoms with Gasteiger partial charge in [0.1, 0.15) is 23.5 Å². The summed E-state index contributed by atoms with van der Waals surface area (Å²) in [4.78, 5) is 13.1. The first-order valence-electron chi connectivity index (χ1n) is 5.31. The van der Waals surface area contributed by atoms with Gasteiger partial charge >= 0.3 is 0 Å². The van der Waals surface area contributed by atoms with Crippen molar-refractivity contribution in [1.82, 2.24) is 4.90 Å². The minimum atomic E-state index is -0.342. The van der Waals surface area contributed by atoms with E-state index < -0.39 is 0 Å². The minimum Gasteiger partial charge on any atom is -0.507 e. The molecule has 0 atom stereocenters. The predicted molar refractivity (Wildman–Crippen MR) is 69.1 cm³/mol. The number of amides is 1. The van der Waals surface area contributed by atoms with Crippen LogP contribution in [0.5, 0.6) is 5.75 Å². The van der Waals surface area contributed by atoms with Crippen molar-refractivity contribution in [2.75, 3.05) is 19.4 Å². The van der Waals surface area contributed by atoms with Crippen LogP contribution in [0.2, 0.25) is 0 Å². The van der Waals surface area contributed by atoms with Gasteiger partial charge in [-0.05, 0) is 18.2 Å². The average molecular weight is 256 g/mol. The number of nitrogens with zero attached hydrogens (tertiary/aromatic N) is 3. The van der Waals surface area contributed by atoms with Gasteiger partial charge in [0.15, 0.2) is 0 Å². The Hall–Kier alpha value is -2.99. The summed E-state index contributed by atoms with van der Waals surface area (Å²) in [6.07, 6.45) is 1.23. The second-order valence-corrected chi connectivity index (χ2v) is 3.86. The number of rotatable bonds is 3. The number of phenolic OH excluding ortho intramolecular Hbond substituents is 1. The number of hydrogen-bond acceptors (Lipinski definition) is 5. The molecule has 96 valence electrons. The molecule has 0 saturated carbocycles. The highest BCUT2D eigenvalue weighted by Crippen LogP contribution is 2.22. The third-order valence-electron chi connectivity index (χ3n) is 2.26. The lowest BCUT2D eigenvalue weighted by atomic mass is 10.1. The van der Waals surface area contributed by atoms with E-state index in [4.69, 9.17) is 10.5 Å². The Bertz CT molecular complexity index is 590. The maximum atomic E-state index is 11.8. The molecule has 0 bridgehead atoms. The van der Waals surface area contributed by atoms with Crippen LogP contribution in [0.4, 0.5) is 5.69 Å². The monoisotopic (exact) mass is 256 g/mol. The maximum absolute atomic E-state index is 11.8. The van der Waals surface area contributed by atoms with Crippen LogP contribution in [0.15, 0.2) is 30.0 Å². The molecule has 6 heteroatoms. The first-order valence-corrected chi connectivity index (χ1v) is 5.31. The smallest absolute Gasteiger partial charge is 0.257 e. The summed E-state index contributed by atoms with van der Waals surface area (Å²) < 4.78 is 0. The first-order chi connectivity index (χ1) is 8.99. The van der Waals surface area contributed by atoms with Gasteiger partial charge < -0.3 is 15.3 Å². The number of allylic oxidation sites excluding steroid dienone is 1. The molecule has 0 fully saturated rings. The molecule has 0 aliphatic carbocycles. The van der Waals surface area contributed by atoms with Crippen LogP contribution >= 0.6 is 0 Å². The number of benzene rings is 1. The molecule has 1 aromatic carbocycles. The van der Waals surface area contributed by atoms with Crippen LogP contribution in [-0.2, 0) is 0 Å². The van der Waals surface area contributed by atoms with Crippen LogP contribution < -0.4 is 5.32 Å². The first kappa shape index (κ1) is 14.1. The number of carbonyl (C=O) groups is 1. The van der Waals surface area contributed by atoms with Crippen LogP contribution in [-0.4, -0.2) is 30.0 Å². The van der Waals surface area contributed by atoms with E-state index in [2.05, 4.69) is 5.32 Å². The molecule has 0 radical (unpaired) electrons.